The second-order valence-corrected chi connectivity index (χ2v) is 6.03. The van der Waals surface area contributed by atoms with Crippen LogP contribution in [0, 0.1) is 0 Å². The average molecular weight is 274 g/mol. The normalized spacial score (nSPS) is 19.5. The maximum absolute atomic E-state index is 12.4. The molecule has 0 fully saturated rings. The molecule has 2 rings (SSSR count). The fourth-order valence-electron chi connectivity index (χ4n) is 1.43. The number of anilines is 1. The summed E-state index contributed by atoms with van der Waals surface area (Å²) in [5.41, 5.74) is 0.693. The molecule has 0 saturated carbocycles. The monoisotopic (exact) mass is 274 g/mol. The van der Waals surface area contributed by atoms with Crippen LogP contribution in [0.1, 0.15) is 6.92 Å². The number of aliphatic imine (C=N–C) groups is 1. The molecule has 0 amide bonds. The van der Waals surface area contributed by atoms with E-state index in [4.69, 9.17) is 0 Å². The van der Waals surface area contributed by atoms with E-state index in [1.165, 1.54) is 0 Å². The lowest BCUT2D eigenvalue weighted by Gasteiger charge is -2.10. The standard InChI is InChI=1S/C11H12F2N2S2/c1-7-6-14-11(16-7)15-8-4-2-3-5-9(8)17-10(12)13/h2-5,7,10H,6H2,1H3,(H,14,15). The highest BCUT2D eigenvalue weighted by molar-refractivity contribution is 8.15. The van der Waals surface area contributed by atoms with E-state index < -0.39 is 5.76 Å². The number of alkyl halides is 2. The van der Waals surface area contributed by atoms with E-state index in [0.29, 0.717) is 27.6 Å². The Labute approximate surface area is 107 Å². The molecule has 0 bridgehead atoms. The predicted octanol–water partition coefficient (Wildman–Crippen LogP) is 3.90. The van der Waals surface area contributed by atoms with Crippen molar-refractivity contribution >= 4 is 34.4 Å². The topological polar surface area (TPSA) is 24.4 Å². The summed E-state index contributed by atoms with van der Waals surface area (Å²) < 4.78 is 24.8. The molecule has 0 aliphatic carbocycles. The summed E-state index contributed by atoms with van der Waals surface area (Å²) in [5, 5.41) is 4.36. The second kappa shape index (κ2) is 5.73. The number of benzene rings is 1. The zero-order valence-electron chi connectivity index (χ0n) is 9.19. The van der Waals surface area contributed by atoms with Gasteiger partial charge in [0.05, 0.1) is 12.2 Å². The molecule has 92 valence electrons. The Morgan fingerprint density at radius 3 is 2.88 bits per heavy atom. The number of hydrogen-bond donors (Lipinski definition) is 1. The van der Waals surface area contributed by atoms with Gasteiger partial charge in [-0.1, -0.05) is 42.6 Å². The van der Waals surface area contributed by atoms with E-state index >= 15 is 0 Å². The highest BCUT2D eigenvalue weighted by atomic mass is 32.2. The lowest BCUT2D eigenvalue weighted by Crippen LogP contribution is -2.07. The van der Waals surface area contributed by atoms with Crippen LogP contribution < -0.4 is 5.32 Å². The Morgan fingerprint density at radius 1 is 1.47 bits per heavy atom. The smallest absolute Gasteiger partial charge is 0.288 e. The first-order chi connectivity index (χ1) is 8.15. The Hall–Kier alpha value is -0.750. The van der Waals surface area contributed by atoms with Gasteiger partial charge in [-0.05, 0) is 12.1 Å². The van der Waals surface area contributed by atoms with E-state index in [0.717, 1.165) is 11.7 Å². The predicted molar refractivity (Wildman–Crippen MR) is 71.3 cm³/mol. The zero-order chi connectivity index (χ0) is 12.3. The van der Waals surface area contributed by atoms with E-state index in [2.05, 4.69) is 17.2 Å². The highest BCUT2D eigenvalue weighted by Gasteiger charge is 2.16. The largest absolute Gasteiger partial charge is 0.334 e. The maximum atomic E-state index is 12.4. The number of halogens is 2. The quantitative estimate of drug-likeness (QED) is 0.846. The number of hydrogen-bond acceptors (Lipinski definition) is 4. The molecule has 1 aliphatic heterocycles. The van der Waals surface area contributed by atoms with Gasteiger partial charge in [0, 0.05) is 10.1 Å². The number of nitrogens with one attached hydrogen (secondary N) is 1. The van der Waals surface area contributed by atoms with Crippen LogP contribution in [0.3, 0.4) is 0 Å². The summed E-state index contributed by atoms with van der Waals surface area (Å²) in [6.07, 6.45) is 0. The molecule has 0 spiro atoms. The second-order valence-electron chi connectivity index (χ2n) is 3.57. The number of rotatable bonds is 3. The minimum Gasteiger partial charge on any atom is -0.334 e. The van der Waals surface area contributed by atoms with Crippen LogP contribution in [0.25, 0.3) is 0 Å². The average Bonchev–Trinajstić information content (AvgIpc) is 2.66. The molecule has 1 aromatic rings. The van der Waals surface area contributed by atoms with E-state index in [9.17, 15) is 8.78 Å². The lowest BCUT2D eigenvalue weighted by atomic mass is 10.3. The molecule has 1 atom stereocenters. The number of amidine groups is 1. The molecule has 1 N–H and O–H groups in total. The summed E-state index contributed by atoms with van der Waals surface area (Å²) in [4.78, 5) is 4.85. The van der Waals surface area contributed by atoms with Crippen molar-refractivity contribution in [2.75, 3.05) is 11.9 Å². The first-order valence-electron chi connectivity index (χ1n) is 5.17. The first-order valence-corrected chi connectivity index (χ1v) is 6.93. The molecule has 1 heterocycles. The molecule has 1 unspecified atom stereocenters. The Balaban J connectivity index is 2.09. The molecule has 0 saturated heterocycles. The minimum absolute atomic E-state index is 0.451. The number of nitrogens with zero attached hydrogens (tertiary/aromatic N) is 1. The number of para-hydroxylation sites is 1. The van der Waals surface area contributed by atoms with E-state index in [1.807, 2.05) is 6.07 Å². The molecule has 1 aliphatic rings. The van der Waals surface area contributed by atoms with Gasteiger partial charge in [-0.15, -0.1) is 0 Å². The Bertz CT molecular complexity index is 424. The third-order valence-corrected chi connectivity index (χ3v) is 3.94. The fraction of sp³-hybridized carbons (Fsp3) is 0.364. The zero-order valence-corrected chi connectivity index (χ0v) is 10.8. The van der Waals surface area contributed by atoms with Gasteiger partial charge in [0.2, 0.25) is 0 Å². The van der Waals surface area contributed by atoms with Gasteiger partial charge in [-0.2, -0.15) is 8.78 Å². The van der Waals surface area contributed by atoms with Gasteiger partial charge in [-0.3, -0.25) is 4.99 Å². The number of thioether (sulfide) groups is 2. The van der Waals surface area contributed by atoms with Crippen LogP contribution in [0.4, 0.5) is 14.5 Å². The molecule has 0 aromatic heterocycles. The van der Waals surface area contributed by atoms with Crippen LogP contribution in [0.2, 0.25) is 0 Å². The minimum atomic E-state index is -2.41. The summed E-state index contributed by atoms with van der Waals surface area (Å²) >= 11 is 2.18. The molecular formula is C11H12F2N2S2. The lowest BCUT2D eigenvalue weighted by molar-refractivity contribution is 0.252. The molecule has 2 nitrogen and oxygen atoms in total. The third-order valence-electron chi connectivity index (χ3n) is 2.15. The van der Waals surface area contributed by atoms with Crippen molar-refractivity contribution in [1.29, 1.82) is 0 Å². The molecular weight excluding hydrogens is 262 g/mol. The van der Waals surface area contributed by atoms with Crippen molar-refractivity contribution < 1.29 is 8.78 Å². The van der Waals surface area contributed by atoms with Crippen molar-refractivity contribution in [3.8, 4) is 0 Å². The Kier molecular flexibility index (Phi) is 4.28. The van der Waals surface area contributed by atoms with Crippen LogP contribution in [0.5, 0.6) is 0 Å². The van der Waals surface area contributed by atoms with Crippen LogP contribution in [-0.4, -0.2) is 22.7 Å². The van der Waals surface area contributed by atoms with Gasteiger partial charge in [0.15, 0.2) is 5.17 Å². The van der Waals surface area contributed by atoms with Crippen LogP contribution in [0.15, 0.2) is 34.2 Å². The summed E-state index contributed by atoms with van der Waals surface area (Å²) in [7, 11) is 0. The molecule has 1 aromatic carbocycles. The van der Waals surface area contributed by atoms with Crippen LogP contribution >= 0.6 is 23.5 Å². The fourth-order valence-corrected chi connectivity index (χ4v) is 2.87. The van der Waals surface area contributed by atoms with Gasteiger partial charge in [-0.25, -0.2) is 0 Å². The Morgan fingerprint density at radius 2 is 2.24 bits per heavy atom. The van der Waals surface area contributed by atoms with Gasteiger partial charge in [0.25, 0.3) is 5.76 Å². The third kappa shape index (κ3) is 3.61. The summed E-state index contributed by atoms with van der Waals surface area (Å²) in [6.45, 7) is 2.86. The van der Waals surface area contributed by atoms with Crippen LogP contribution in [-0.2, 0) is 0 Å². The molecule has 17 heavy (non-hydrogen) atoms. The highest BCUT2D eigenvalue weighted by Crippen LogP contribution is 2.33. The SMILES string of the molecule is CC1CN=C(Nc2ccccc2SC(F)F)S1. The summed E-state index contributed by atoms with van der Waals surface area (Å²) in [6, 6.07) is 7.04. The van der Waals surface area contributed by atoms with Gasteiger partial charge in [0.1, 0.15) is 0 Å². The van der Waals surface area contributed by atoms with Crippen molar-refractivity contribution in [2.24, 2.45) is 4.99 Å². The van der Waals surface area contributed by atoms with Gasteiger partial charge < -0.3 is 5.32 Å². The van der Waals surface area contributed by atoms with Crippen molar-refractivity contribution in [3.63, 3.8) is 0 Å². The van der Waals surface area contributed by atoms with E-state index in [-0.39, 0.29) is 0 Å². The molecule has 0 radical (unpaired) electrons. The maximum Gasteiger partial charge on any atom is 0.288 e. The summed E-state index contributed by atoms with van der Waals surface area (Å²) in [5.74, 6) is -2.41. The van der Waals surface area contributed by atoms with Crippen molar-refractivity contribution in [1.82, 2.24) is 0 Å². The van der Waals surface area contributed by atoms with Gasteiger partial charge >= 0.3 is 0 Å². The molecule has 6 heteroatoms. The first kappa shape index (κ1) is 12.7. The van der Waals surface area contributed by atoms with Crippen molar-refractivity contribution in [2.45, 2.75) is 22.8 Å². The van der Waals surface area contributed by atoms with E-state index in [1.54, 1.807) is 30.0 Å². The van der Waals surface area contributed by atoms with Crippen molar-refractivity contribution in [3.05, 3.63) is 24.3 Å².